The Balaban J connectivity index is 2.61. The SMILES string of the molecule is CCN(CC)C1(C#N)CC(C(C)C)C1. The highest BCUT2D eigenvalue weighted by Crippen LogP contribution is 2.45. The lowest BCUT2D eigenvalue weighted by atomic mass is 9.64. The maximum Gasteiger partial charge on any atom is 0.109 e. The van der Waals surface area contributed by atoms with Gasteiger partial charge in [0.25, 0.3) is 0 Å². The Kier molecular flexibility index (Phi) is 3.55. The molecule has 0 radical (unpaired) electrons. The van der Waals surface area contributed by atoms with Gasteiger partial charge in [0.05, 0.1) is 6.07 Å². The smallest absolute Gasteiger partial charge is 0.109 e. The summed E-state index contributed by atoms with van der Waals surface area (Å²) in [5, 5.41) is 9.28. The molecular weight excluding hydrogens is 172 g/mol. The second-order valence-electron chi connectivity index (χ2n) is 4.73. The summed E-state index contributed by atoms with van der Waals surface area (Å²) in [7, 11) is 0. The van der Waals surface area contributed by atoms with Crippen molar-refractivity contribution < 1.29 is 0 Å². The molecule has 1 saturated carbocycles. The summed E-state index contributed by atoms with van der Waals surface area (Å²) in [5.74, 6) is 1.49. The van der Waals surface area contributed by atoms with Crippen molar-refractivity contribution in [1.29, 1.82) is 5.26 Å². The van der Waals surface area contributed by atoms with Gasteiger partial charge in [-0.1, -0.05) is 27.7 Å². The van der Waals surface area contributed by atoms with Gasteiger partial charge < -0.3 is 0 Å². The molecule has 2 nitrogen and oxygen atoms in total. The van der Waals surface area contributed by atoms with Gasteiger partial charge in [0.1, 0.15) is 5.54 Å². The third-order valence-corrected chi connectivity index (χ3v) is 3.72. The van der Waals surface area contributed by atoms with Gasteiger partial charge in [-0.25, -0.2) is 0 Å². The van der Waals surface area contributed by atoms with E-state index in [-0.39, 0.29) is 5.54 Å². The minimum absolute atomic E-state index is 0.127. The van der Waals surface area contributed by atoms with Crippen molar-refractivity contribution in [3.05, 3.63) is 0 Å². The van der Waals surface area contributed by atoms with Gasteiger partial charge in [0, 0.05) is 0 Å². The molecule has 1 rings (SSSR count). The van der Waals surface area contributed by atoms with Crippen molar-refractivity contribution in [1.82, 2.24) is 4.90 Å². The zero-order valence-electron chi connectivity index (χ0n) is 9.88. The minimum Gasteiger partial charge on any atom is -0.286 e. The molecule has 0 spiro atoms. The van der Waals surface area contributed by atoms with E-state index in [1.165, 1.54) is 0 Å². The van der Waals surface area contributed by atoms with Gasteiger partial charge >= 0.3 is 0 Å². The number of hydrogen-bond donors (Lipinski definition) is 0. The largest absolute Gasteiger partial charge is 0.286 e. The van der Waals surface area contributed by atoms with Crippen LogP contribution < -0.4 is 0 Å². The highest BCUT2D eigenvalue weighted by Gasteiger charge is 2.48. The third kappa shape index (κ3) is 1.79. The first-order valence-electron chi connectivity index (χ1n) is 5.76. The van der Waals surface area contributed by atoms with Crippen LogP contribution in [0.4, 0.5) is 0 Å². The summed E-state index contributed by atoms with van der Waals surface area (Å²) < 4.78 is 0. The molecule has 2 heteroatoms. The molecule has 0 atom stereocenters. The quantitative estimate of drug-likeness (QED) is 0.688. The van der Waals surface area contributed by atoms with E-state index in [4.69, 9.17) is 0 Å². The molecule has 1 fully saturated rings. The molecule has 80 valence electrons. The molecule has 0 aromatic rings. The first-order chi connectivity index (χ1) is 6.59. The highest BCUT2D eigenvalue weighted by atomic mass is 15.2. The van der Waals surface area contributed by atoms with E-state index in [1.54, 1.807) is 0 Å². The zero-order chi connectivity index (χ0) is 10.8. The maximum absolute atomic E-state index is 9.28. The number of nitriles is 1. The Hall–Kier alpha value is -0.550. The van der Waals surface area contributed by atoms with Crippen molar-refractivity contribution >= 4 is 0 Å². The first kappa shape index (κ1) is 11.5. The summed E-state index contributed by atoms with van der Waals surface area (Å²) >= 11 is 0. The maximum atomic E-state index is 9.28. The first-order valence-corrected chi connectivity index (χ1v) is 5.76. The highest BCUT2D eigenvalue weighted by molar-refractivity contribution is 5.16. The average Bonchev–Trinajstić information content (AvgIpc) is 2.09. The van der Waals surface area contributed by atoms with Gasteiger partial charge in [0.2, 0.25) is 0 Å². The lowest BCUT2D eigenvalue weighted by Gasteiger charge is -2.50. The molecule has 0 aliphatic heterocycles. The van der Waals surface area contributed by atoms with E-state index in [1.807, 2.05) is 0 Å². The van der Waals surface area contributed by atoms with Crippen LogP contribution in [0.2, 0.25) is 0 Å². The monoisotopic (exact) mass is 194 g/mol. The molecule has 0 bridgehead atoms. The lowest BCUT2D eigenvalue weighted by Crippen LogP contribution is -2.57. The Bertz CT molecular complexity index is 217. The van der Waals surface area contributed by atoms with Crippen molar-refractivity contribution in [2.45, 2.75) is 46.1 Å². The normalized spacial score (nSPS) is 31.6. The predicted molar refractivity (Wildman–Crippen MR) is 58.8 cm³/mol. The van der Waals surface area contributed by atoms with Crippen LogP contribution in [-0.2, 0) is 0 Å². The average molecular weight is 194 g/mol. The van der Waals surface area contributed by atoms with Crippen molar-refractivity contribution in [3.8, 4) is 6.07 Å². The summed E-state index contributed by atoms with van der Waals surface area (Å²) in [6.45, 7) is 10.8. The number of hydrogen-bond acceptors (Lipinski definition) is 2. The predicted octanol–water partition coefficient (Wildman–Crippen LogP) is 2.66. The fourth-order valence-electron chi connectivity index (χ4n) is 2.53. The van der Waals surface area contributed by atoms with E-state index >= 15 is 0 Å². The van der Waals surface area contributed by atoms with Crippen LogP contribution in [-0.4, -0.2) is 23.5 Å². The van der Waals surface area contributed by atoms with E-state index in [2.05, 4.69) is 38.7 Å². The minimum atomic E-state index is -0.127. The molecule has 0 saturated heterocycles. The van der Waals surface area contributed by atoms with Gasteiger partial charge in [-0.05, 0) is 37.8 Å². The fourth-order valence-corrected chi connectivity index (χ4v) is 2.53. The molecule has 0 N–H and O–H groups in total. The van der Waals surface area contributed by atoms with E-state index in [0.29, 0.717) is 0 Å². The molecule has 0 heterocycles. The van der Waals surface area contributed by atoms with Gasteiger partial charge in [-0.15, -0.1) is 0 Å². The molecule has 14 heavy (non-hydrogen) atoms. The summed E-state index contributed by atoms with van der Waals surface area (Å²) in [6.07, 6.45) is 2.14. The van der Waals surface area contributed by atoms with E-state index < -0.39 is 0 Å². The second-order valence-corrected chi connectivity index (χ2v) is 4.73. The molecule has 1 aliphatic carbocycles. The second kappa shape index (κ2) is 4.31. The zero-order valence-corrected chi connectivity index (χ0v) is 9.88. The van der Waals surface area contributed by atoms with Crippen molar-refractivity contribution in [3.63, 3.8) is 0 Å². The van der Waals surface area contributed by atoms with Crippen LogP contribution in [0.1, 0.15) is 40.5 Å². The molecule has 0 aromatic heterocycles. The van der Waals surface area contributed by atoms with E-state index in [0.717, 1.165) is 37.8 Å². The number of rotatable bonds is 4. The van der Waals surface area contributed by atoms with Crippen LogP contribution in [0, 0.1) is 23.2 Å². The Morgan fingerprint density at radius 2 is 1.86 bits per heavy atom. The molecule has 0 amide bonds. The van der Waals surface area contributed by atoms with Gasteiger partial charge in [-0.3, -0.25) is 4.90 Å². The number of nitrogens with zero attached hydrogens (tertiary/aromatic N) is 2. The lowest BCUT2D eigenvalue weighted by molar-refractivity contribution is 0.00717. The van der Waals surface area contributed by atoms with Gasteiger partial charge in [-0.2, -0.15) is 5.26 Å². The van der Waals surface area contributed by atoms with Crippen LogP contribution in [0.25, 0.3) is 0 Å². The van der Waals surface area contributed by atoms with Crippen molar-refractivity contribution in [2.24, 2.45) is 11.8 Å². The topological polar surface area (TPSA) is 27.0 Å². The Morgan fingerprint density at radius 1 is 1.36 bits per heavy atom. The third-order valence-electron chi connectivity index (χ3n) is 3.72. The van der Waals surface area contributed by atoms with Crippen LogP contribution in [0.5, 0.6) is 0 Å². The van der Waals surface area contributed by atoms with E-state index in [9.17, 15) is 5.26 Å². The summed E-state index contributed by atoms with van der Waals surface area (Å²) in [5.41, 5.74) is -0.127. The Morgan fingerprint density at radius 3 is 2.14 bits per heavy atom. The molecule has 1 aliphatic rings. The summed E-state index contributed by atoms with van der Waals surface area (Å²) in [4.78, 5) is 2.31. The van der Waals surface area contributed by atoms with Gasteiger partial charge in [0.15, 0.2) is 0 Å². The molecular formula is C12H22N2. The van der Waals surface area contributed by atoms with Crippen LogP contribution in [0.15, 0.2) is 0 Å². The Labute approximate surface area is 87.9 Å². The molecule has 0 aromatic carbocycles. The van der Waals surface area contributed by atoms with Crippen LogP contribution >= 0.6 is 0 Å². The van der Waals surface area contributed by atoms with Crippen LogP contribution in [0.3, 0.4) is 0 Å². The fraction of sp³-hybridized carbons (Fsp3) is 0.917. The van der Waals surface area contributed by atoms with Crippen molar-refractivity contribution in [2.75, 3.05) is 13.1 Å². The standard InChI is InChI=1S/C12H22N2/c1-5-14(6-2)12(9-13)7-11(8-12)10(3)4/h10-11H,5-8H2,1-4H3. The molecule has 0 unspecified atom stereocenters. The summed E-state index contributed by atoms with van der Waals surface area (Å²) in [6, 6.07) is 2.53.